The summed E-state index contributed by atoms with van der Waals surface area (Å²) in [6.45, 7) is 2.48. The average molecular weight is 198 g/mol. The van der Waals surface area contributed by atoms with Crippen LogP contribution in [0, 0.1) is 11.3 Å². The van der Waals surface area contributed by atoms with Gasteiger partial charge in [0.25, 0.3) is 0 Å². The van der Waals surface area contributed by atoms with Crippen molar-refractivity contribution in [3.63, 3.8) is 0 Å². The average Bonchev–Trinajstić information content (AvgIpc) is 2.78. The Hall–Kier alpha value is -0.730. The SMILES string of the molecule is CC12CCCCCC1C2.CNC(N)=O. The fourth-order valence-electron chi connectivity index (χ4n) is 2.36. The van der Waals surface area contributed by atoms with Gasteiger partial charge < -0.3 is 11.1 Å². The van der Waals surface area contributed by atoms with Crippen LogP contribution in [0.3, 0.4) is 0 Å². The highest BCUT2D eigenvalue weighted by atomic mass is 16.2. The van der Waals surface area contributed by atoms with Crippen LogP contribution in [0.5, 0.6) is 0 Å². The van der Waals surface area contributed by atoms with Crippen LogP contribution in [0.4, 0.5) is 4.79 Å². The van der Waals surface area contributed by atoms with Crippen molar-refractivity contribution in [2.24, 2.45) is 17.1 Å². The van der Waals surface area contributed by atoms with Crippen molar-refractivity contribution in [2.45, 2.75) is 45.4 Å². The number of urea groups is 1. The first-order chi connectivity index (χ1) is 6.58. The predicted molar refractivity (Wildman–Crippen MR) is 57.9 cm³/mol. The van der Waals surface area contributed by atoms with Crippen LogP contribution in [0.2, 0.25) is 0 Å². The molecule has 2 aliphatic rings. The number of hydrogen-bond acceptors (Lipinski definition) is 1. The highest BCUT2D eigenvalue weighted by Gasteiger charge is 2.48. The molecule has 0 aliphatic heterocycles. The molecule has 0 bridgehead atoms. The van der Waals surface area contributed by atoms with Crippen LogP contribution in [0.15, 0.2) is 0 Å². The molecule has 0 radical (unpaired) electrons. The predicted octanol–water partition coefficient (Wildman–Crippen LogP) is 2.26. The van der Waals surface area contributed by atoms with E-state index in [1.165, 1.54) is 39.2 Å². The zero-order chi connectivity index (χ0) is 10.6. The Morgan fingerprint density at radius 1 is 1.43 bits per heavy atom. The van der Waals surface area contributed by atoms with E-state index in [1.807, 2.05) is 0 Å². The molecule has 2 atom stereocenters. The van der Waals surface area contributed by atoms with Gasteiger partial charge in [-0.15, -0.1) is 0 Å². The van der Waals surface area contributed by atoms with E-state index in [0.717, 1.165) is 11.3 Å². The van der Waals surface area contributed by atoms with Crippen molar-refractivity contribution in [1.29, 1.82) is 0 Å². The van der Waals surface area contributed by atoms with E-state index in [9.17, 15) is 4.79 Å². The maximum atomic E-state index is 9.48. The molecule has 82 valence electrons. The number of fused-ring (bicyclic) bond motifs is 1. The molecule has 0 saturated heterocycles. The van der Waals surface area contributed by atoms with E-state index in [4.69, 9.17) is 0 Å². The molecular formula is C11H22N2O. The third kappa shape index (κ3) is 3.20. The lowest BCUT2D eigenvalue weighted by atomic mass is 10.0. The normalized spacial score (nSPS) is 34.3. The molecule has 3 nitrogen and oxygen atoms in total. The van der Waals surface area contributed by atoms with Gasteiger partial charge in [0.1, 0.15) is 0 Å². The highest BCUT2D eigenvalue weighted by Crippen LogP contribution is 2.59. The van der Waals surface area contributed by atoms with E-state index in [1.54, 1.807) is 6.42 Å². The van der Waals surface area contributed by atoms with E-state index < -0.39 is 6.03 Å². The van der Waals surface area contributed by atoms with Gasteiger partial charge in [-0.2, -0.15) is 0 Å². The number of nitrogens with one attached hydrogen (secondary N) is 1. The molecule has 2 unspecified atom stereocenters. The number of carbonyl (C=O) groups is 1. The molecule has 2 rings (SSSR count). The summed E-state index contributed by atoms with van der Waals surface area (Å²) in [4.78, 5) is 9.48. The van der Waals surface area contributed by atoms with Crippen LogP contribution in [-0.4, -0.2) is 13.1 Å². The van der Waals surface area contributed by atoms with Crippen molar-refractivity contribution in [2.75, 3.05) is 7.05 Å². The summed E-state index contributed by atoms with van der Waals surface area (Å²) in [5.41, 5.74) is 5.37. The summed E-state index contributed by atoms with van der Waals surface area (Å²) in [5.74, 6) is 1.14. The zero-order valence-corrected chi connectivity index (χ0v) is 9.31. The second kappa shape index (κ2) is 4.67. The van der Waals surface area contributed by atoms with Gasteiger partial charge in [-0.25, -0.2) is 4.79 Å². The monoisotopic (exact) mass is 198 g/mol. The molecule has 0 aromatic heterocycles. The van der Waals surface area contributed by atoms with Gasteiger partial charge in [0.15, 0.2) is 0 Å². The van der Waals surface area contributed by atoms with Gasteiger partial charge >= 0.3 is 6.03 Å². The standard InChI is InChI=1S/C9H16.C2H6N2O/c1-9-6-4-2-3-5-8(9)7-9;1-4-2(3)5/h8H,2-7H2,1H3;1H3,(H3,3,4,5). The Bertz CT molecular complexity index is 205. The number of nitrogens with two attached hydrogens (primary N) is 1. The summed E-state index contributed by atoms with van der Waals surface area (Å²) in [6, 6.07) is -0.495. The molecule has 0 aromatic rings. The largest absolute Gasteiger partial charge is 0.352 e. The van der Waals surface area contributed by atoms with Crippen molar-refractivity contribution >= 4 is 6.03 Å². The third-order valence-corrected chi connectivity index (χ3v) is 3.59. The Morgan fingerprint density at radius 2 is 2.07 bits per heavy atom. The van der Waals surface area contributed by atoms with Crippen LogP contribution >= 0.6 is 0 Å². The van der Waals surface area contributed by atoms with E-state index in [0.29, 0.717) is 0 Å². The summed E-state index contributed by atoms with van der Waals surface area (Å²) >= 11 is 0. The minimum atomic E-state index is -0.495. The first-order valence-corrected chi connectivity index (χ1v) is 5.56. The lowest BCUT2D eigenvalue weighted by Gasteiger charge is -2.04. The van der Waals surface area contributed by atoms with Crippen LogP contribution in [0.25, 0.3) is 0 Å². The van der Waals surface area contributed by atoms with Crippen LogP contribution < -0.4 is 11.1 Å². The molecular weight excluding hydrogens is 176 g/mol. The van der Waals surface area contributed by atoms with Crippen LogP contribution in [0.1, 0.15) is 45.4 Å². The molecule has 0 heterocycles. The minimum Gasteiger partial charge on any atom is -0.352 e. The second-order valence-corrected chi connectivity index (χ2v) is 4.77. The fourth-order valence-corrected chi connectivity index (χ4v) is 2.36. The molecule has 0 aromatic carbocycles. The first kappa shape index (κ1) is 11.3. The Balaban J connectivity index is 0.000000171. The number of primary amides is 1. The lowest BCUT2D eigenvalue weighted by molar-refractivity contribution is 0.251. The van der Waals surface area contributed by atoms with Gasteiger partial charge in [-0.1, -0.05) is 26.2 Å². The molecule has 14 heavy (non-hydrogen) atoms. The zero-order valence-electron chi connectivity index (χ0n) is 9.31. The Kier molecular flexibility index (Phi) is 3.78. The van der Waals surface area contributed by atoms with Gasteiger partial charge in [0, 0.05) is 7.05 Å². The van der Waals surface area contributed by atoms with Crippen LogP contribution in [-0.2, 0) is 0 Å². The van der Waals surface area contributed by atoms with Crippen molar-refractivity contribution in [1.82, 2.24) is 5.32 Å². The number of amides is 2. The molecule has 2 amide bonds. The Morgan fingerprint density at radius 3 is 2.64 bits per heavy atom. The summed E-state index contributed by atoms with van der Waals surface area (Å²) in [7, 11) is 1.47. The number of rotatable bonds is 0. The fraction of sp³-hybridized carbons (Fsp3) is 0.909. The molecule has 3 heteroatoms. The maximum absolute atomic E-state index is 9.48. The van der Waals surface area contributed by atoms with Gasteiger partial charge in [-0.3, -0.25) is 0 Å². The smallest absolute Gasteiger partial charge is 0.311 e. The number of carbonyl (C=O) groups excluding carboxylic acids is 1. The van der Waals surface area contributed by atoms with Crippen molar-refractivity contribution < 1.29 is 4.79 Å². The summed E-state index contributed by atoms with van der Waals surface area (Å²) < 4.78 is 0. The summed E-state index contributed by atoms with van der Waals surface area (Å²) in [5, 5.41) is 2.17. The molecule has 0 spiro atoms. The maximum Gasteiger partial charge on any atom is 0.311 e. The molecule has 2 fully saturated rings. The van der Waals surface area contributed by atoms with Crippen molar-refractivity contribution in [3.8, 4) is 0 Å². The van der Waals surface area contributed by atoms with E-state index >= 15 is 0 Å². The molecule has 2 saturated carbocycles. The summed E-state index contributed by atoms with van der Waals surface area (Å²) in [6.07, 6.45) is 9.14. The first-order valence-electron chi connectivity index (χ1n) is 5.56. The third-order valence-electron chi connectivity index (χ3n) is 3.59. The van der Waals surface area contributed by atoms with E-state index in [2.05, 4.69) is 18.0 Å². The van der Waals surface area contributed by atoms with E-state index in [-0.39, 0.29) is 0 Å². The lowest BCUT2D eigenvalue weighted by Crippen LogP contribution is -2.24. The van der Waals surface area contributed by atoms with Crippen molar-refractivity contribution in [3.05, 3.63) is 0 Å². The topological polar surface area (TPSA) is 55.1 Å². The van der Waals surface area contributed by atoms with Gasteiger partial charge in [-0.05, 0) is 30.6 Å². The number of hydrogen-bond donors (Lipinski definition) is 2. The molecule has 3 N–H and O–H groups in total. The molecule has 2 aliphatic carbocycles. The highest BCUT2D eigenvalue weighted by molar-refractivity contribution is 5.71. The van der Waals surface area contributed by atoms with Gasteiger partial charge in [0.05, 0.1) is 0 Å². The Labute approximate surface area is 86.4 Å². The van der Waals surface area contributed by atoms with Gasteiger partial charge in [0.2, 0.25) is 0 Å². The minimum absolute atomic E-state index is 0.495. The quantitative estimate of drug-likeness (QED) is 0.616. The second-order valence-electron chi connectivity index (χ2n) is 4.77.